The molecule has 38 heavy (non-hydrogen) atoms. The van der Waals surface area contributed by atoms with Gasteiger partial charge in [0.1, 0.15) is 4.88 Å². The van der Waals surface area contributed by atoms with Crippen LogP contribution in [0.4, 0.5) is 10.8 Å². The van der Waals surface area contributed by atoms with Crippen molar-refractivity contribution in [1.29, 1.82) is 0 Å². The number of hydrogen-bond donors (Lipinski definition) is 2. The lowest BCUT2D eigenvalue weighted by molar-refractivity contribution is 0.103. The van der Waals surface area contributed by atoms with E-state index in [9.17, 15) is 4.79 Å². The van der Waals surface area contributed by atoms with Crippen LogP contribution in [-0.4, -0.2) is 49.2 Å². The Labute approximate surface area is 232 Å². The molecule has 0 bridgehead atoms. The summed E-state index contributed by atoms with van der Waals surface area (Å²) in [7, 11) is 0.636. The number of aliphatic imine (C=N–C) groups is 1. The number of thiazole rings is 1. The first-order valence-electron chi connectivity index (χ1n) is 13.6. The Balaban J connectivity index is 1.38. The molecular formula is C29H40N5O2PS. The van der Waals surface area contributed by atoms with Gasteiger partial charge in [0.25, 0.3) is 5.91 Å². The topological polar surface area (TPSA) is 78.8 Å². The van der Waals surface area contributed by atoms with Crippen molar-refractivity contribution in [3.05, 3.63) is 64.1 Å². The van der Waals surface area contributed by atoms with Crippen LogP contribution in [-0.2, 0) is 4.74 Å². The number of amides is 1. The van der Waals surface area contributed by atoms with Crippen LogP contribution in [0.1, 0.15) is 68.2 Å². The first kappa shape index (κ1) is 28.6. The molecule has 2 aromatic rings. The molecule has 204 valence electrons. The van der Waals surface area contributed by atoms with E-state index in [1.807, 2.05) is 18.2 Å². The predicted octanol–water partition coefficient (Wildman–Crippen LogP) is 6.59. The summed E-state index contributed by atoms with van der Waals surface area (Å²) in [6, 6.07) is 8.18. The highest BCUT2D eigenvalue weighted by Crippen LogP contribution is 2.39. The van der Waals surface area contributed by atoms with Crippen molar-refractivity contribution >= 4 is 42.9 Å². The van der Waals surface area contributed by atoms with Gasteiger partial charge in [0.15, 0.2) is 5.13 Å². The smallest absolute Gasteiger partial charge is 0.267 e. The van der Waals surface area contributed by atoms with Gasteiger partial charge in [-0.15, -0.1) is 0 Å². The van der Waals surface area contributed by atoms with Crippen LogP contribution in [0.5, 0.6) is 0 Å². The third kappa shape index (κ3) is 8.06. The van der Waals surface area contributed by atoms with Crippen LogP contribution >= 0.6 is 19.9 Å². The van der Waals surface area contributed by atoms with Crippen LogP contribution in [0.3, 0.4) is 0 Å². The highest BCUT2D eigenvalue weighted by Gasteiger charge is 2.21. The van der Waals surface area contributed by atoms with E-state index in [4.69, 9.17) is 9.73 Å². The van der Waals surface area contributed by atoms with Crippen molar-refractivity contribution in [2.45, 2.75) is 58.8 Å². The maximum atomic E-state index is 12.9. The first-order chi connectivity index (χ1) is 18.4. The summed E-state index contributed by atoms with van der Waals surface area (Å²) < 4.78 is 5.41. The monoisotopic (exact) mass is 553 g/mol. The fraction of sp³-hybridized carbons (Fsp3) is 0.483. The molecule has 1 fully saturated rings. The lowest BCUT2D eigenvalue weighted by Crippen LogP contribution is -2.36. The van der Waals surface area contributed by atoms with Crippen molar-refractivity contribution in [3.63, 3.8) is 0 Å². The molecule has 0 aliphatic carbocycles. The minimum absolute atomic E-state index is 0.111. The maximum absolute atomic E-state index is 12.9. The van der Waals surface area contributed by atoms with E-state index < -0.39 is 0 Å². The van der Waals surface area contributed by atoms with Gasteiger partial charge in [-0.25, -0.2) is 4.98 Å². The van der Waals surface area contributed by atoms with Crippen LogP contribution in [0.2, 0.25) is 0 Å². The van der Waals surface area contributed by atoms with Crippen molar-refractivity contribution < 1.29 is 9.53 Å². The highest BCUT2D eigenvalue weighted by atomic mass is 32.1. The van der Waals surface area contributed by atoms with Crippen LogP contribution in [0.25, 0.3) is 0 Å². The number of aromatic nitrogens is 1. The fourth-order valence-electron chi connectivity index (χ4n) is 4.26. The van der Waals surface area contributed by atoms with Crippen molar-refractivity contribution in [2.24, 2.45) is 10.9 Å². The van der Waals surface area contributed by atoms with Gasteiger partial charge in [0.05, 0.1) is 30.9 Å². The van der Waals surface area contributed by atoms with Gasteiger partial charge in [-0.2, -0.15) is 0 Å². The molecule has 3 heterocycles. The Morgan fingerprint density at radius 3 is 2.84 bits per heavy atom. The lowest BCUT2D eigenvalue weighted by atomic mass is 10.1. The molecule has 3 atom stereocenters. The van der Waals surface area contributed by atoms with Crippen LogP contribution < -0.4 is 15.5 Å². The molecule has 4 rings (SSSR count). The second-order valence-corrected chi connectivity index (χ2v) is 12.6. The molecule has 2 N–H and O–H groups in total. The first-order valence-corrected chi connectivity index (χ1v) is 15.5. The van der Waals surface area contributed by atoms with Gasteiger partial charge < -0.3 is 15.0 Å². The summed E-state index contributed by atoms with van der Waals surface area (Å²) in [4.78, 5) is 25.0. The van der Waals surface area contributed by atoms with Crippen LogP contribution in [0, 0.1) is 5.92 Å². The number of nitrogens with one attached hydrogen (secondary N) is 2. The second-order valence-electron chi connectivity index (χ2n) is 10.1. The molecule has 0 spiro atoms. The third-order valence-corrected chi connectivity index (χ3v) is 8.90. The number of benzene rings is 1. The predicted molar refractivity (Wildman–Crippen MR) is 162 cm³/mol. The van der Waals surface area contributed by atoms with E-state index in [1.165, 1.54) is 16.7 Å². The van der Waals surface area contributed by atoms with E-state index >= 15 is 0 Å². The zero-order valence-electron chi connectivity index (χ0n) is 22.9. The standard InChI is InChI=1S/C29H40N5O2PS/c1-5-6-10-24-25(12-11-20(2)3)37-27(19-30-24)32-21(4)22-8-7-9-23(17-22)33-28(35)26-18-31-29(38-26)34-13-15-36-16-14-34/h7-10,12,17-21,27,32,37H,5-6,11,13-16H2,1-4H3,(H,33,35)/b24-10+,25-12-. The Morgan fingerprint density at radius 1 is 1.26 bits per heavy atom. The number of allylic oxidation sites excluding steroid dienone is 3. The number of anilines is 2. The van der Waals surface area contributed by atoms with Crippen molar-refractivity contribution in [2.75, 3.05) is 36.5 Å². The normalized spacial score (nSPS) is 21.5. The molecule has 1 saturated heterocycles. The van der Waals surface area contributed by atoms with Crippen molar-refractivity contribution in [3.8, 4) is 0 Å². The number of hydrogen-bond acceptors (Lipinski definition) is 7. The summed E-state index contributed by atoms with van der Waals surface area (Å²) in [6.07, 6.45) is 11.6. The summed E-state index contributed by atoms with van der Waals surface area (Å²) in [6.45, 7) is 11.9. The minimum atomic E-state index is -0.132. The van der Waals surface area contributed by atoms with Gasteiger partial charge in [-0.1, -0.05) is 71.4 Å². The zero-order chi connectivity index (χ0) is 26.9. The van der Waals surface area contributed by atoms with E-state index in [1.54, 1.807) is 6.20 Å². The lowest BCUT2D eigenvalue weighted by Gasteiger charge is -2.26. The van der Waals surface area contributed by atoms with Gasteiger partial charge >= 0.3 is 0 Å². The van der Waals surface area contributed by atoms with E-state index in [0.29, 0.717) is 32.6 Å². The second kappa shape index (κ2) is 14.1. The number of carbonyl (C=O) groups is 1. The molecule has 1 aromatic carbocycles. The number of rotatable bonds is 10. The van der Waals surface area contributed by atoms with Gasteiger partial charge in [-0.05, 0) is 48.7 Å². The Hall–Kier alpha value is -2.38. The third-order valence-electron chi connectivity index (χ3n) is 6.44. The molecule has 2 aliphatic heterocycles. The van der Waals surface area contributed by atoms with Gasteiger partial charge in [0.2, 0.25) is 0 Å². The van der Waals surface area contributed by atoms with Gasteiger partial charge in [-0.3, -0.25) is 15.1 Å². The number of unbranched alkanes of at least 4 members (excludes halogenated alkanes) is 1. The molecule has 3 unspecified atom stereocenters. The summed E-state index contributed by atoms with van der Waals surface area (Å²) in [5.74, 6) is 0.688. The molecule has 7 nitrogen and oxygen atoms in total. The Morgan fingerprint density at radius 2 is 2.08 bits per heavy atom. The minimum Gasteiger partial charge on any atom is -0.378 e. The molecule has 0 radical (unpaired) electrons. The average molecular weight is 554 g/mol. The van der Waals surface area contributed by atoms with E-state index in [2.05, 4.69) is 72.6 Å². The molecule has 1 aromatic heterocycles. The molecule has 2 aliphatic rings. The molecular weight excluding hydrogens is 513 g/mol. The quantitative estimate of drug-likeness (QED) is 0.325. The summed E-state index contributed by atoms with van der Waals surface area (Å²) >= 11 is 1.42. The number of nitrogens with zero attached hydrogens (tertiary/aromatic N) is 3. The summed E-state index contributed by atoms with van der Waals surface area (Å²) in [5, 5.41) is 9.02. The largest absolute Gasteiger partial charge is 0.378 e. The Kier molecular flexibility index (Phi) is 10.6. The SMILES string of the molecule is CCC/C=C1/N=CC(NC(C)c2cccc(NC(=O)c3cnc(N4CCOCC4)s3)c2)P/C1=C\CC(C)C. The highest BCUT2D eigenvalue weighted by molar-refractivity contribution is 7.45. The summed E-state index contributed by atoms with van der Waals surface area (Å²) in [5.41, 5.74) is 3.05. The van der Waals surface area contributed by atoms with E-state index in [0.717, 1.165) is 54.4 Å². The van der Waals surface area contributed by atoms with Crippen LogP contribution in [0.15, 0.2) is 58.6 Å². The molecule has 0 saturated carbocycles. The van der Waals surface area contributed by atoms with Gasteiger partial charge in [0, 0.05) is 31.0 Å². The zero-order valence-corrected chi connectivity index (χ0v) is 24.7. The Bertz CT molecular complexity index is 1170. The number of morpholine rings is 1. The molecule has 1 amide bonds. The molecule has 9 heteroatoms. The maximum Gasteiger partial charge on any atom is 0.267 e. The number of ether oxygens (including phenoxy) is 1. The average Bonchev–Trinajstić information content (AvgIpc) is 3.43. The van der Waals surface area contributed by atoms with E-state index in [-0.39, 0.29) is 17.7 Å². The van der Waals surface area contributed by atoms with Crippen molar-refractivity contribution in [1.82, 2.24) is 10.3 Å². The number of carbonyl (C=O) groups excluding carboxylic acids is 1. The fourth-order valence-corrected chi connectivity index (χ4v) is 6.49.